The highest BCUT2D eigenvalue weighted by Gasteiger charge is 2.22. The zero-order chi connectivity index (χ0) is 27.0. The molecule has 0 atom stereocenters. The monoisotopic (exact) mass is 579 g/mol. The van der Waals surface area contributed by atoms with Crippen molar-refractivity contribution in [2.45, 2.75) is 19.0 Å². The van der Waals surface area contributed by atoms with Crippen molar-refractivity contribution in [2.75, 3.05) is 11.1 Å². The van der Waals surface area contributed by atoms with Crippen molar-refractivity contribution in [1.82, 2.24) is 14.1 Å². The van der Waals surface area contributed by atoms with Crippen molar-refractivity contribution >= 4 is 74.5 Å². The van der Waals surface area contributed by atoms with Crippen molar-refractivity contribution in [3.63, 3.8) is 0 Å². The molecule has 5 aromatic rings. The number of fused-ring (bicyclic) bond motifs is 1. The zero-order valence-corrected chi connectivity index (χ0v) is 23.5. The number of thiophene rings is 1. The number of nitrogens with one attached hydrogen (secondary N) is 1. The van der Waals surface area contributed by atoms with Gasteiger partial charge in [0.1, 0.15) is 15.5 Å². The smallest absolute Gasteiger partial charge is 0.267 e. The highest BCUT2D eigenvalue weighted by atomic mass is 32.2. The van der Waals surface area contributed by atoms with E-state index >= 15 is 0 Å². The number of carbonyl (C=O) groups is 2. The van der Waals surface area contributed by atoms with Gasteiger partial charge in [-0.05, 0) is 55.9 Å². The Hall–Kier alpha value is -3.58. The molecule has 0 saturated heterocycles. The molecule has 38 heavy (non-hydrogen) atoms. The van der Waals surface area contributed by atoms with Crippen LogP contribution in [-0.4, -0.2) is 31.7 Å². The van der Waals surface area contributed by atoms with Gasteiger partial charge in [-0.3, -0.25) is 23.5 Å². The van der Waals surface area contributed by atoms with E-state index in [1.54, 1.807) is 4.57 Å². The van der Waals surface area contributed by atoms with Crippen LogP contribution in [0, 0.1) is 17.8 Å². The van der Waals surface area contributed by atoms with Crippen molar-refractivity contribution in [2.24, 2.45) is 5.73 Å². The number of para-hydroxylation sites is 2. The fraction of sp³-hybridized carbons (Fsp3) is 0.115. The van der Waals surface area contributed by atoms with E-state index in [1.807, 2.05) is 74.5 Å². The molecule has 0 fully saturated rings. The van der Waals surface area contributed by atoms with Gasteiger partial charge in [-0.15, -0.1) is 11.3 Å². The lowest BCUT2D eigenvalue weighted by atomic mass is 10.2. The van der Waals surface area contributed by atoms with E-state index in [4.69, 9.17) is 22.9 Å². The second-order valence-corrected chi connectivity index (χ2v) is 12.0. The number of primary amides is 1. The Morgan fingerprint density at radius 3 is 2.21 bits per heavy atom. The minimum absolute atomic E-state index is 0.0658. The molecule has 0 aliphatic carbocycles. The molecule has 8 nitrogen and oxygen atoms in total. The van der Waals surface area contributed by atoms with Gasteiger partial charge in [-0.1, -0.05) is 59.5 Å². The average molecular weight is 580 g/mol. The molecule has 3 heterocycles. The minimum atomic E-state index is -0.688. The summed E-state index contributed by atoms with van der Waals surface area (Å²) in [6.07, 6.45) is 0. The number of carbonyl (C=O) groups excluding carboxylic acids is 2. The molecule has 0 spiro atoms. The van der Waals surface area contributed by atoms with Crippen LogP contribution in [0.2, 0.25) is 0 Å². The fourth-order valence-corrected chi connectivity index (χ4v) is 7.07. The van der Waals surface area contributed by atoms with Gasteiger partial charge in [0.15, 0.2) is 9.11 Å². The summed E-state index contributed by atoms with van der Waals surface area (Å²) in [6.45, 7) is 3.88. The molecule has 12 heteroatoms. The zero-order valence-electron chi connectivity index (χ0n) is 20.3. The topological polar surface area (TPSA) is 112 Å². The maximum Gasteiger partial charge on any atom is 0.267 e. The maximum atomic E-state index is 13.6. The van der Waals surface area contributed by atoms with Gasteiger partial charge >= 0.3 is 0 Å². The van der Waals surface area contributed by atoms with Crippen molar-refractivity contribution in [1.29, 1.82) is 0 Å². The number of anilines is 1. The number of aromatic nitrogens is 3. The van der Waals surface area contributed by atoms with E-state index in [1.165, 1.54) is 15.9 Å². The van der Waals surface area contributed by atoms with E-state index in [9.17, 15) is 14.4 Å². The van der Waals surface area contributed by atoms with Crippen LogP contribution in [0.1, 0.15) is 20.1 Å². The van der Waals surface area contributed by atoms with Crippen LogP contribution in [0.4, 0.5) is 5.82 Å². The van der Waals surface area contributed by atoms with Gasteiger partial charge < -0.3 is 11.1 Å². The summed E-state index contributed by atoms with van der Waals surface area (Å²) in [5, 5.41) is 3.78. The van der Waals surface area contributed by atoms with E-state index < -0.39 is 11.8 Å². The van der Waals surface area contributed by atoms with Crippen LogP contribution in [0.25, 0.3) is 21.6 Å². The first-order valence-corrected chi connectivity index (χ1v) is 14.4. The average Bonchev–Trinajstić information content (AvgIpc) is 3.38. The molecular formula is C26H21N5O3S4. The molecular weight excluding hydrogens is 559 g/mol. The van der Waals surface area contributed by atoms with Crippen LogP contribution < -0.4 is 16.6 Å². The molecule has 0 aliphatic rings. The van der Waals surface area contributed by atoms with E-state index in [-0.39, 0.29) is 22.0 Å². The summed E-state index contributed by atoms with van der Waals surface area (Å²) in [7, 11) is 0. The lowest BCUT2D eigenvalue weighted by Gasteiger charge is -2.13. The first kappa shape index (κ1) is 26.0. The Bertz CT molecular complexity index is 1800. The molecule has 0 unspecified atom stereocenters. The van der Waals surface area contributed by atoms with Crippen LogP contribution >= 0.6 is 46.7 Å². The summed E-state index contributed by atoms with van der Waals surface area (Å²) in [4.78, 5) is 45.5. The molecule has 0 radical (unpaired) electrons. The number of nitrogens with two attached hydrogens (primary N) is 1. The molecule has 192 valence electrons. The van der Waals surface area contributed by atoms with Gasteiger partial charge in [0.25, 0.3) is 11.5 Å². The normalized spacial score (nSPS) is 11.1. The second kappa shape index (κ2) is 10.7. The SMILES string of the molecule is Cc1sc2nc(SCC(=O)Nc3c(C(N)=O)sc(=S)n3-c3ccccc3)n(-c3ccccc3)c(=O)c2c1C. The Balaban J connectivity index is 1.50. The van der Waals surface area contributed by atoms with Crippen LogP contribution in [0.3, 0.4) is 0 Å². The summed E-state index contributed by atoms with van der Waals surface area (Å²) >= 11 is 9.09. The third-order valence-corrected chi connectivity index (χ3v) is 9.25. The van der Waals surface area contributed by atoms with Crippen molar-refractivity contribution in [3.8, 4) is 11.4 Å². The summed E-state index contributed by atoms with van der Waals surface area (Å²) in [6, 6.07) is 18.4. The third-order valence-electron chi connectivity index (χ3n) is 5.83. The predicted octanol–water partition coefficient (Wildman–Crippen LogP) is 5.48. The number of hydrogen-bond acceptors (Lipinski definition) is 8. The highest BCUT2D eigenvalue weighted by Crippen LogP contribution is 2.31. The highest BCUT2D eigenvalue weighted by molar-refractivity contribution is 7.99. The first-order chi connectivity index (χ1) is 18.3. The van der Waals surface area contributed by atoms with Crippen LogP contribution in [0.5, 0.6) is 0 Å². The Kier molecular flexibility index (Phi) is 7.30. The molecule has 0 bridgehead atoms. The quantitative estimate of drug-likeness (QED) is 0.150. The lowest BCUT2D eigenvalue weighted by Crippen LogP contribution is -2.23. The predicted molar refractivity (Wildman–Crippen MR) is 157 cm³/mol. The summed E-state index contributed by atoms with van der Waals surface area (Å²) in [5.74, 6) is -0.934. The van der Waals surface area contributed by atoms with Crippen molar-refractivity contribution in [3.05, 3.63) is 90.3 Å². The fourth-order valence-electron chi connectivity index (χ4n) is 3.94. The van der Waals surface area contributed by atoms with Crippen LogP contribution in [-0.2, 0) is 4.79 Å². The van der Waals surface area contributed by atoms with E-state index in [0.29, 0.717) is 30.7 Å². The molecule has 2 amide bonds. The Labute approximate surface area is 234 Å². The number of thiazole rings is 1. The van der Waals surface area contributed by atoms with Gasteiger partial charge in [0.05, 0.1) is 16.8 Å². The number of thioether (sulfide) groups is 1. The van der Waals surface area contributed by atoms with Gasteiger partial charge in [0.2, 0.25) is 5.91 Å². The summed E-state index contributed by atoms with van der Waals surface area (Å²) < 4.78 is 3.52. The number of benzene rings is 2. The number of amides is 2. The van der Waals surface area contributed by atoms with Crippen molar-refractivity contribution < 1.29 is 9.59 Å². The number of aryl methyl sites for hydroxylation is 2. The molecule has 3 N–H and O–H groups in total. The maximum absolute atomic E-state index is 13.6. The molecule has 2 aromatic carbocycles. The molecule has 5 rings (SSSR count). The number of hydrogen-bond donors (Lipinski definition) is 2. The number of nitrogens with zero attached hydrogens (tertiary/aromatic N) is 3. The van der Waals surface area contributed by atoms with Crippen LogP contribution in [0.15, 0.2) is 70.6 Å². The van der Waals surface area contributed by atoms with E-state index in [2.05, 4.69) is 5.32 Å². The third kappa shape index (κ3) is 4.83. The molecule has 3 aromatic heterocycles. The van der Waals surface area contributed by atoms with Gasteiger partial charge in [-0.25, -0.2) is 4.98 Å². The van der Waals surface area contributed by atoms with Gasteiger partial charge in [0, 0.05) is 10.6 Å². The minimum Gasteiger partial charge on any atom is -0.365 e. The summed E-state index contributed by atoms with van der Waals surface area (Å²) in [5.41, 5.74) is 7.66. The lowest BCUT2D eigenvalue weighted by molar-refractivity contribution is -0.113. The second-order valence-electron chi connectivity index (χ2n) is 8.25. The van der Waals surface area contributed by atoms with E-state index in [0.717, 1.165) is 33.5 Å². The largest absolute Gasteiger partial charge is 0.365 e. The number of rotatable bonds is 7. The first-order valence-electron chi connectivity index (χ1n) is 11.4. The molecule has 0 saturated carbocycles. The Morgan fingerprint density at radius 1 is 1.00 bits per heavy atom. The molecule has 0 aliphatic heterocycles. The Morgan fingerprint density at radius 2 is 1.61 bits per heavy atom. The standard InChI is InChI=1S/C26H21N5O3S4/c1-14-15(2)37-23-19(14)24(34)31(17-11-7-4-8-12-17)25(29-23)36-13-18(32)28-22-20(21(27)33)38-26(35)30(22)16-9-5-3-6-10-16/h3-12H,13H2,1-2H3,(H2,27,33)(H,28,32). The van der Waals surface area contributed by atoms with Gasteiger partial charge in [-0.2, -0.15) is 0 Å².